The van der Waals surface area contributed by atoms with Crippen LogP contribution in [0.5, 0.6) is 0 Å². The number of carbonyl (C=O) groups excluding carboxylic acids is 2. The van der Waals surface area contributed by atoms with Crippen LogP contribution in [-0.4, -0.2) is 64.4 Å². The zero-order valence-corrected chi connectivity index (χ0v) is 23.5. The van der Waals surface area contributed by atoms with Gasteiger partial charge < -0.3 is 14.7 Å². The number of ether oxygens (including phenoxy) is 1. The zero-order chi connectivity index (χ0) is 27.6. The normalized spacial score (nSPS) is 22.1. The van der Waals surface area contributed by atoms with E-state index in [1.807, 2.05) is 60.7 Å². The molecule has 39 heavy (non-hydrogen) atoms. The summed E-state index contributed by atoms with van der Waals surface area (Å²) in [5.41, 5.74) is 2.25. The van der Waals surface area contributed by atoms with Crippen molar-refractivity contribution in [2.75, 3.05) is 12.4 Å². The number of hydrogen-bond donors (Lipinski definition) is 2. The highest BCUT2D eigenvalue weighted by Crippen LogP contribution is 2.40. The molecule has 1 heterocycles. The minimum absolute atomic E-state index is 0.0545. The molecule has 1 saturated heterocycles. The van der Waals surface area contributed by atoms with Gasteiger partial charge >= 0.3 is 11.9 Å². The number of amides is 1. The molecule has 0 aromatic heterocycles. The first-order valence-electron chi connectivity index (χ1n) is 14.1. The van der Waals surface area contributed by atoms with E-state index in [0.717, 1.165) is 42.6 Å². The molecule has 210 valence electrons. The summed E-state index contributed by atoms with van der Waals surface area (Å²) in [4.78, 5) is 41.1. The van der Waals surface area contributed by atoms with Gasteiger partial charge in [-0.2, -0.15) is 11.8 Å². The Morgan fingerprint density at radius 2 is 1.67 bits per heavy atom. The number of fused-ring (bicyclic) bond motifs is 1. The lowest BCUT2D eigenvalue weighted by Gasteiger charge is -2.36. The van der Waals surface area contributed by atoms with E-state index in [-0.39, 0.29) is 30.4 Å². The third-order valence-corrected chi connectivity index (χ3v) is 8.97. The van der Waals surface area contributed by atoms with Gasteiger partial charge in [-0.3, -0.25) is 14.9 Å². The minimum Gasteiger partial charge on any atom is -0.480 e. The van der Waals surface area contributed by atoms with Gasteiger partial charge in [0.2, 0.25) is 5.91 Å². The Labute approximate surface area is 235 Å². The first kappa shape index (κ1) is 29.2. The lowest BCUT2D eigenvalue weighted by molar-refractivity contribution is -0.151. The van der Waals surface area contributed by atoms with E-state index in [9.17, 15) is 19.5 Å². The number of hydrogen-bond acceptors (Lipinski definition) is 6. The maximum absolute atomic E-state index is 14.2. The molecule has 1 aliphatic carbocycles. The number of aliphatic carboxylic acids is 1. The number of carbonyl (C=O) groups is 3. The predicted octanol–water partition coefficient (Wildman–Crippen LogP) is 4.69. The SMILES string of the molecule is CCOC(=O)[C@H](CCc1ccccc1)N[C@@H](CSCc1ccccc1)C(=O)N1[C@@H]2CCCC[C@@H]2C[C@H]1C(=O)O. The van der Waals surface area contributed by atoms with Gasteiger partial charge in [0, 0.05) is 17.5 Å². The number of nitrogens with zero attached hydrogens (tertiary/aromatic N) is 1. The second-order valence-electron chi connectivity index (χ2n) is 10.5. The summed E-state index contributed by atoms with van der Waals surface area (Å²) in [7, 11) is 0. The van der Waals surface area contributed by atoms with E-state index in [2.05, 4.69) is 5.32 Å². The molecular weight excluding hydrogens is 512 g/mol. The maximum Gasteiger partial charge on any atom is 0.326 e. The molecule has 2 N–H and O–H groups in total. The topological polar surface area (TPSA) is 95.9 Å². The summed E-state index contributed by atoms with van der Waals surface area (Å²) in [6.07, 6.45) is 5.51. The summed E-state index contributed by atoms with van der Waals surface area (Å²) in [5, 5.41) is 13.4. The summed E-state index contributed by atoms with van der Waals surface area (Å²) in [6, 6.07) is 17.7. The fraction of sp³-hybridized carbons (Fsp3) is 0.516. The van der Waals surface area contributed by atoms with Crippen molar-refractivity contribution in [1.82, 2.24) is 10.2 Å². The molecule has 8 heteroatoms. The largest absolute Gasteiger partial charge is 0.480 e. The van der Waals surface area contributed by atoms with Crippen LogP contribution in [0.4, 0.5) is 0 Å². The number of rotatable bonds is 13. The Kier molecular flexibility index (Phi) is 10.9. The number of likely N-dealkylation sites (tertiary alicyclic amines) is 1. The second-order valence-corrected chi connectivity index (χ2v) is 11.5. The molecular formula is C31H40N2O5S. The third kappa shape index (κ3) is 7.85. The van der Waals surface area contributed by atoms with Crippen LogP contribution in [-0.2, 0) is 31.3 Å². The van der Waals surface area contributed by atoms with Crippen LogP contribution in [0, 0.1) is 5.92 Å². The fourth-order valence-corrected chi connectivity index (χ4v) is 6.97. The number of esters is 1. The summed E-state index contributed by atoms with van der Waals surface area (Å²) >= 11 is 1.61. The summed E-state index contributed by atoms with van der Waals surface area (Å²) < 4.78 is 5.39. The van der Waals surface area contributed by atoms with Crippen molar-refractivity contribution in [2.45, 2.75) is 81.8 Å². The highest BCUT2D eigenvalue weighted by atomic mass is 32.2. The Hall–Kier alpha value is -2.84. The van der Waals surface area contributed by atoms with Crippen LogP contribution in [0.2, 0.25) is 0 Å². The van der Waals surface area contributed by atoms with E-state index in [0.29, 0.717) is 25.0 Å². The van der Waals surface area contributed by atoms with Crippen LogP contribution >= 0.6 is 11.8 Å². The van der Waals surface area contributed by atoms with Crippen molar-refractivity contribution in [3.8, 4) is 0 Å². The van der Waals surface area contributed by atoms with Crippen LogP contribution in [0.1, 0.15) is 56.6 Å². The van der Waals surface area contributed by atoms with E-state index in [1.54, 1.807) is 23.6 Å². The average molecular weight is 553 g/mol. The molecule has 0 unspecified atom stereocenters. The number of nitrogens with one attached hydrogen (secondary N) is 1. The van der Waals surface area contributed by atoms with Gasteiger partial charge in [-0.1, -0.05) is 73.5 Å². The van der Waals surface area contributed by atoms with Gasteiger partial charge in [0.15, 0.2) is 0 Å². The smallest absolute Gasteiger partial charge is 0.326 e. The number of carboxylic acid groups (broad SMARTS) is 1. The summed E-state index contributed by atoms with van der Waals surface area (Å²) in [5.74, 6) is -0.179. The van der Waals surface area contributed by atoms with Gasteiger partial charge in [-0.25, -0.2) is 4.79 Å². The first-order chi connectivity index (χ1) is 19.0. The van der Waals surface area contributed by atoms with E-state index >= 15 is 0 Å². The van der Waals surface area contributed by atoms with Crippen molar-refractivity contribution in [3.05, 3.63) is 71.8 Å². The Balaban J connectivity index is 1.55. The quantitative estimate of drug-likeness (QED) is 0.348. The molecule has 0 bridgehead atoms. The van der Waals surface area contributed by atoms with E-state index < -0.39 is 24.1 Å². The van der Waals surface area contributed by atoms with Crippen LogP contribution < -0.4 is 5.32 Å². The number of carboxylic acids is 1. The lowest BCUT2D eigenvalue weighted by atomic mass is 9.84. The van der Waals surface area contributed by atoms with Crippen LogP contribution in [0.25, 0.3) is 0 Å². The van der Waals surface area contributed by atoms with Gasteiger partial charge in [0.25, 0.3) is 0 Å². The van der Waals surface area contributed by atoms with Crippen molar-refractivity contribution in [2.24, 2.45) is 5.92 Å². The first-order valence-corrected chi connectivity index (χ1v) is 15.3. The molecule has 1 saturated carbocycles. The predicted molar refractivity (Wildman–Crippen MR) is 153 cm³/mol. The Morgan fingerprint density at radius 3 is 2.33 bits per heavy atom. The van der Waals surface area contributed by atoms with E-state index in [1.165, 1.54) is 0 Å². The van der Waals surface area contributed by atoms with Crippen molar-refractivity contribution in [3.63, 3.8) is 0 Å². The van der Waals surface area contributed by atoms with Gasteiger partial charge in [0.05, 0.1) is 12.6 Å². The van der Waals surface area contributed by atoms with Crippen LogP contribution in [0.15, 0.2) is 60.7 Å². The molecule has 2 aliphatic rings. The molecule has 0 spiro atoms. The highest BCUT2D eigenvalue weighted by Gasteiger charge is 2.49. The zero-order valence-electron chi connectivity index (χ0n) is 22.7. The lowest BCUT2D eigenvalue weighted by Crippen LogP contribution is -2.57. The molecule has 2 aromatic rings. The fourth-order valence-electron chi connectivity index (χ4n) is 5.95. The molecule has 2 fully saturated rings. The number of benzene rings is 2. The minimum atomic E-state index is -0.945. The molecule has 2 aromatic carbocycles. The molecule has 1 aliphatic heterocycles. The standard InChI is InChI=1S/C31H40N2O5S/c1-2-38-31(37)25(18-17-22-11-5-3-6-12-22)32-26(21-39-20-23-13-7-4-8-14-23)29(34)33-27-16-10-9-15-24(27)19-28(33)30(35)36/h3-8,11-14,24-28,32H,2,9-10,15-21H2,1H3,(H,35,36)/t24-,25+,26+,27-,28+/m1/s1. The van der Waals surface area contributed by atoms with Gasteiger partial charge in [0.1, 0.15) is 12.1 Å². The van der Waals surface area contributed by atoms with E-state index in [4.69, 9.17) is 4.74 Å². The summed E-state index contributed by atoms with van der Waals surface area (Å²) in [6.45, 7) is 2.02. The van der Waals surface area contributed by atoms with Gasteiger partial charge in [-0.05, 0) is 56.1 Å². The molecule has 1 amide bonds. The second kappa shape index (κ2) is 14.5. The Bertz CT molecular complexity index is 1080. The molecule has 4 rings (SSSR count). The average Bonchev–Trinajstić information content (AvgIpc) is 3.35. The van der Waals surface area contributed by atoms with Crippen LogP contribution in [0.3, 0.4) is 0 Å². The molecule has 7 nitrogen and oxygen atoms in total. The maximum atomic E-state index is 14.2. The molecule has 5 atom stereocenters. The third-order valence-electron chi connectivity index (χ3n) is 7.86. The number of aryl methyl sites for hydroxylation is 1. The van der Waals surface area contributed by atoms with Gasteiger partial charge in [-0.15, -0.1) is 0 Å². The Morgan fingerprint density at radius 1 is 1.00 bits per heavy atom. The van der Waals surface area contributed by atoms with Crippen molar-refractivity contribution < 1.29 is 24.2 Å². The van der Waals surface area contributed by atoms with Crippen molar-refractivity contribution >= 4 is 29.6 Å². The molecule has 0 radical (unpaired) electrons. The number of thioether (sulfide) groups is 1. The highest BCUT2D eigenvalue weighted by molar-refractivity contribution is 7.98. The van der Waals surface area contributed by atoms with Crippen molar-refractivity contribution in [1.29, 1.82) is 0 Å². The monoisotopic (exact) mass is 552 g/mol.